The largest absolute Gasteiger partial charge is 0.364 e. The Morgan fingerprint density at radius 2 is 1.88 bits per heavy atom. The number of benzene rings is 1. The van der Waals surface area contributed by atoms with Crippen LogP contribution in [0.5, 0.6) is 0 Å². The first-order valence-corrected chi connectivity index (χ1v) is 8.93. The quantitative estimate of drug-likeness (QED) is 0.862. The number of nitrogens with zero attached hydrogens (tertiary/aromatic N) is 2. The average molecular weight is 352 g/mol. The second kappa shape index (κ2) is 6.33. The summed E-state index contributed by atoms with van der Waals surface area (Å²) in [6.07, 6.45) is 1.20. The molecule has 0 unspecified atom stereocenters. The summed E-state index contributed by atoms with van der Waals surface area (Å²) in [4.78, 5) is 11.2. The van der Waals surface area contributed by atoms with Crippen LogP contribution >= 0.6 is 0 Å². The molecule has 24 heavy (non-hydrogen) atoms. The zero-order valence-corrected chi connectivity index (χ0v) is 13.6. The molecule has 1 aliphatic heterocycles. The van der Waals surface area contributed by atoms with Crippen molar-refractivity contribution in [2.24, 2.45) is 5.73 Å². The van der Waals surface area contributed by atoms with Crippen LogP contribution in [0.15, 0.2) is 35.2 Å². The molecular weight excluding hydrogens is 335 g/mol. The summed E-state index contributed by atoms with van der Waals surface area (Å²) < 4.78 is 39.5. The Morgan fingerprint density at radius 1 is 1.25 bits per heavy atom. The predicted octanol–water partition coefficient (Wildman–Crippen LogP) is 1.22. The average Bonchev–Trinajstić information content (AvgIpc) is 3.06. The third-order valence-electron chi connectivity index (χ3n) is 4.20. The number of amides is 1. The normalized spacial score (nSPS) is 17.0. The molecule has 0 radical (unpaired) electrons. The van der Waals surface area contributed by atoms with Gasteiger partial charge in [-0.3, -0.25) is 9.89 Å². The van der Waals surface area contributed by atoms with E-state index in [4.69, 9.17) is 5.73 Å². The number of sulfonamides is 1. The summed E-state index contributed by atoms with van der Waals surface area (Å²) in [5, 5.41) is 6.64. The number of carbonyl (C=O) groups excluding carboxylic acids is 1. The van der Waals surface area contributed by atoms with Crippen LogP contribution in [0.1, 0.15) is 34.9 Å². The molecule has 0 spiro atoms. The first kappa shape index (κ1) is 16.6. The van der Waals surface area contributed by atoms with Gasteiger partial charge in [-0.05, 0) is 43.2 Å². The Balaban J connectivity index is 1.70. The molecule has 128 valence electrons. The standard InChI is InChI=1S/C15H17FN4O3S/c16-11-1-3-12(4-2-11)24(22,23)20-7-5-10(6-8-20)13-9-14(15(17)21)19-18-13/h1-4,9-10H,5-8H2,(H2,17,21)(H,18,19). The monoisotopic (exact) mass is 352 g/mol. The van der Waals surface area contributed by atoms with Crippen LogP contribution in [0.2, 0.25) is 0 Å². The highest BCUT2D eigenvalue weighted by Gasteiger charge is 2.30. The number of aromatic nitrogens is 2. The van der Waals surface area contributed by atoms with Crippen LogP contribution in [0.4, 0.5) is 4.39 Å². The smallest absolute Gasteiger partial charge is 0.269 e. The Bertz CT molecular complexity index is 840. The van der Waals surface area contributed by atoms with Crippen molar-refractivity contribution in [1.29, 1.82) is 0 Å². The third-order valence-corrected chi connectivity index (χ3v) is 6.11. The highest BCUT2D eigenvalue weighted by atomic mass is 32.2. The van der Waals surface area contributed by atoms with Crippen molar-refractivity contribution < 1.29 is 17.6 Å². The van der Waals surface area contributed by atoms with Gasteiger partial charge < -0.3 is 5.73 Å². The molecule has 9 heteroatoms. The number of rotatable bonds is 4. The number of aromatic amines is 1. The van der Waals surface area contributed by atoms with Gasteiger partial charge in [0.1, 0.15) is 11.5 Å². The lowest BCUT2D eigenvalue weighted by molar-refractivity contribution is 0.0995. The Kier molecular flexibility index (Phi) is 4.37. The van der Waals surface area contributed by atoms with Gasteiger partial charge in [-0.1, -0.05) is 0 Å². The van der Waals surface area contributed by atoms with E-state index < -0.39 is 21.7 Å². The van der Waals surface area contributed by atoms with E-state index in [1.54, 1.807) is 6.07 Å². The molecule has 0 saturated carbocycles. The molecule has 1 aromatic carbocycles. The molecule has 0 bridgehead atoms. The fourth-order valence-electron chi connectivity index (χ4n) is 2.83. The molecule has 3 N–H and O–H groups in total. The first-order valence-electron chi connectivity index (χ1n) is 7.49. The molecule has 7 nitrogen and oxygen atoms in total. The van der Waals surface area contributed by atoms with Gasteiger partial charge in [-0.25, -0.2) is 12.8 Å². The lowest BCUT2D eigenvalue weighted by Gasteiger charge is -2.30. The maximum Gasteiger partial charge on any atom is 0.269 e. The van der Waals surface area contributed by atoms with E-state index in [1.165, 1.54) is 16.4 Å². The van der Waals surface area contributed by atoms with Gasteiger partial charge in [0.25, 0.3) is 5.91 Å². The maximum atomic E-state index is 13.0. The van der Waals surface area contributed by atoms with Crippen molar-refractivity contribution in [2.75, 3.05) is 13.1 Å². The van der Waals surface area contributed by atoms with Crippen molar-refractivity contribution in [2.45, 2.75) is 23.7 Å². The SMILES string of the molecule is NC(=O)c1cc(C2CCN(S(=O)(=O)c3ccc(F)cc3)CC2)[nH]n1. The highest BCUT2D eigenvalue weighted by Crippen LogP contribution is 2.30. The minimum absolute atomic E-state index is 0.0832. The number of primary amides is 1. The molecule has 1 aliphatic rings. The Morgan fingerprint density at radius 3 is 2.42 bits per heavy atom. The molecule has 1 saturated heterocycles. The van der Waals surface area contributed by atoms with Crippen LogP contribution < -0.4 is 5.73 Å². The third kappa shape index (κ3) is 3.17. The second-order valence-electron chi connectivity index (χ2n) is 5.71. The van der Waals surface area contributed by atoms with E-state index in [2.05, 4.69) is 10.2 Å². The van der Waals surface area contributed by atoms with Crippen molar-refractivity contribution in [3.63, 3.8) is 0 Å². The van der Waals surface area contributed by atoms with Gasteiger partial charge in [0.05, 0.1) is 4.90 Å². The minimum atomic E-state index is -3.63. The molecule has 1 aromatic heterocycles. The highest BCUT2D eigenvalue weighted by molar-refractivity contribution is 7.89. The molecule has 1 amide bonds. The van der Waals surface area contributed by atoms with Crippen molar-refractivity contribution in [1.82, 2.24) is 14.5 Å². The van der Waals surface area contributed by atoms with Gasteiger partial charge >= 0.3 is 0 Å². The number of nitrogens with one attached hydrogen (secondary N) is 1. The topological polar surface area (TPSA) is 109 Å². The summed E-state index contributed by atoms with van der Waals surface area (Å²) in [5.74, 6) is -0.990. The zero-order chi connectivity index (χ0) is 17.3. The summed E-state index contributed by atoms with van der Waals surface area (Å²) in [6, 6.07) is 6.41. The fraction of sp³-hybridized carbons (Fsp3) is 0.333. The van der Waals surface area contributed by atoms with E-state index in [0.717, 1.165) is 17.8 Å². The summed E-state index contributed by atoms with van der Waals surface area (Å²) in [5.41, 5.74) is 6.13. The summed E-state index contributed by atoms with van der Waals surface area (Å²) in [6.45, 7) is 0.685. The van der Waals surface area contributed by atoms with Crippen LogP contribution in [0.25, 0.3) is 0 Å². The van der Waals surface area contributed by atoms with Crippen LogP contribution in [-0.4, -0.2) is 41.9 Å². The van der Waals surface area contributed by atoms with Gasteiger partial charge in [-0.15, -0.1) is 0 Å². The Hall–Kier alpha value is -2.26. The molecule has 1 fully saturated rings. The molecular formula is C15H17FN4O3S. The van der Waals surface area contributed by atoms with Crippen LogP contribution in [0, 0.1) is 5.82 Å². The lowest BCUT2D eigenvalue weighted by Crippen LogP contribution is -2.37. The molecule has 0 aliphatic carbocycles. The van der Waals surface area contributed by atoms with Crippen LogP contribution in [-0.2, 0) is 10.0 Å². The zero-order valence-electron chi connectivity index (χ0n) is 12.8. The summed E-state index contributed by atoms with van der Waals surface area (Å²) >= 11 is 0. The molecule has 2 aromatic rings. The second-order valence-corrected chi connectivity index (χ2v) is 7.64. The van der Waals surface area contributed by atoms with Crippen molar-refractivity contribution in [3.05, 3.63) is 47.5 Å². The minimum Gasteiger partial charge on any atom is -0.364 e. The predicted molar refractivity (Wildman–Crippen MR) is 84.2 cm³/mol. The number of hydrogen-bond donors (Lipinski definition) is 2. The van der Waals surface area contributed by atoms with Gasteiger partial charge in [0.15, 0.2) is 0 Å². The van der Waals surface area contributed by atoms with E-state index in [-0.39, 0.29) is 16.5 Å². The lowest BCUT2D eigenvalue weighted by atomic mass is 9.94. The number of halogens is 1. The van der Waals surface area contributed by atoms with E-state index in [9.17, 15) is 17.6 Å². The number of piperidine rings is 1. The van der Waals surface area contributed by atoms with Crippen molar-refractivity contribution in [3.8, 4) is 0 Å². The number of carbonyl (C=O) groups is 1. The van der Waals surface area contributed by atoms with Gasteiger partial charge in [0.2, 0.25) is 10.0 Å². The molecule has 2 heterocycles. The Labute approximate surface area is 138 Å². The number of nitrogens with two attached hydrogens (primary N) is 1. The fourth-order valence-corrected chi connectivity index (χ4v) is 4.30. The first-order chi connectivity index (χ1) is 11.4. The maximum absolute atomic E-state index is 13.0. The van der Waals surface area contributed by atoms with E-state index in [0.29, 0.717) is 25.9 Å². The van der Waals surface area contributed by atoms with Gasteiger partial charge in [0, 0.05) is 24.7 Å². The summed E-state index contributed by atoms with van der Waals surface area (Å²) in [7, 11) is -3.63. The molecule has 3 rings (SSSR count). The number of hydrogen-bond acceptors (Lipinski definition) is 4. The van der Waals surface area contributed by atoms with Gasteiger partial charge in [-0.2, -0.15) is 9.40 Å². The van der Waals surface area contributed by atoms with E-state index >= 15 is 0 Å². The van der Waals surface area contributed by atoms with E-state index in [1.807, 2.05) is 0 Å². The van der Waals surface area contributed by atoms with Crippen molar-refractivity contribution >= 4 is 15.9 Å². The van der Waals surface area contributed by atoms with Crippen LogP contribution in [0.3, 0.4) is 0 Å². The number of H-pyrrole nitrogens is 1. The molecule has 0 atom stereocenters.